The highest BCUT2D eigenvalue weighted by Gasteiger charge is 2.47. The van der Waals surface area contributed by atoms with Gasteiger partial charge < -0.3 is 28.9 Å². The van der Waals surface area contributed by atoms with Crippen molar-refractivity contribution >= 4 is 36.8 Å². The Morgan fingerprint density at radius 1 is 1.21 bits per heavy atom. The molecular formula is C27H36N6O5Si. The first kappa shape index (κ1) is 26.0. The second-order valence-electron chi connectivity index (χ2n) is 12.1. The van der Waals surface area contributed by atoms with Gasteiger partial charge in [-0.15, -0.1) is 0 Å². The average molecular weight is 553 g/mol. The third kappa shape index (κ3) is 4.85. The van der Waals surface area contributed by atoms with E-state index >= 15 is 0 Å². The van der Waals surface area contributed by atoms with Crippen LogP contribution in [0.4, 0.5) is 10.5 Å². The highest BCUT2D eigenvalue weighted by molar-refractivity contribution is 6.76. The maximum atomic E-state index is 12.8. The number of morpholine rings is 1. The van der Waals surface area contributed by atoms with E-state index in [0.717, 1.165) is 59.1 Å². The molecule has 6 heterocycles. The molecule has 1 unspecified atom stereocenters. The topological polar surface area (TPSA) is 115 Å². The maximum Gasteiger partial charge on any atom is 0.407 e. The number of fused-ring (bicyclic) bond motifs is 3. The molecule has 3 aromatic rings. The van der Waals surface area contributed by atoms with E-state index in [4.69, 9.17) is 19.6 Å². The third-order valence-corrected chi connectivity index (χ3v) is 9.95. The number of hydrogen-bond donors (Lipinski definition) is 1. The predicted octanol–water partition coefficient (Wildman–Crippen LogP) is 3.60. The molecule has 3 aliphatic rings. The van der Waals surface area contributed by atoms with Crippen LogP contribution >= 0.6 is 0 Å². The van der Waals surface area contributed by atoms with Gasteiger partial charge in [0.25, 0.3) is 5.91 Å². The lowest BCUT2D eigenvalue weighted by atomic mass is 9.82. The zero-order valence-corrected chi connectivity index (χ0v) is 23.9. The highest BCUT2D eigenvalue weighted by atomic mass is 28.3. The summed E-state index contributed by atoms with van der Waals surface area (Å²) in [5.41, 5.74) is 4.16. The first-order chi connectivity index (χ1) is 18.6. The quantitative estimate of drug-likeness (QED) is 0.352. The fraction of sp³-hybridized carbons (Fsp3) is 0.556. The number of anilines is 1. The number of nitrogens with zero attached hydrogens (tertiary/aromatic N) is 6. The summed E-state index contributed by atoms with van der Waals surface area (Å²) in [7, 11) is -1.20. The van der Waals surface area contributed by atoms with Crippen LogP contribution in [0.3, 0.4) is 0 Å². The molecule has 1 atom stereocenters. The van der Waals surface area contributed by atoms with E-state index in [2.05, 4.69) is 31.8 Å². The van der Waals surface area contributed by atoms with Gasteiger partial charge >= 0.3 is 6.09 Å². The van der Waals surface area contributed by atoms with Gasteiger partial charge in [0.2, 0.25) is 0 Å². The monoisotopic (exact) mass is 552 g/mol. The van der Waals surface area contributed by atoms with Crippen LogP contribution in [0.5, 0.6) is 0 Å². The number of likely N-dealkylation sites (tertiary alicyclic amines) is 1. The molecule has 2 amide bonds. The van der Waals surface area contributed by atoms with E-state index in [0.29, 0.717) is 39.6 Å². The number of pyridine rings is 1. The summed E-state index contributed by atoms with van der Waals surface area (Å²) in [6.07, 6.45) is 4.64. The van der Waals surface area contributed by atoms with E-state index in [-0.39, 0.29) is 17.9 Å². The molecule has 1 spiro atoms. The second-order valence-corrected chi connectivity index (χ2v) is 17.8. The highest BCUT2D eigenvalue weighted by Crippen LogP contribution is 2.44. The van der Waals surface area contributed by atoms with Crippen molar-refractivity contribution in [3.8, 4) is 11.3 Å². The fourth-order valence-corrected chi connectivity index (χ4v) is 6.73. The molecule has 0 aliphatic carbocycles. The van der Waals surface area contributed by atoms with Crippen molar-refractivity contribution in [3.05, 3.63) is 30.2 Å². The summed E-state index contributed by atoms with van der Waals surface area (Å²) in [5, 5.41) is 15.3. The van der Waals surface area contributed by atoms with E-state index < -0.39 is 14.2 Å². The van der Waals surface area contributed by atoms with Crippen molar-refractivity contribution in [2.45, 2.75) is 57.2 Å². The van der Waals surface area contributed by atoms with Gasteiger partial charge in [-0.25, -0.2) is 9.78 Å². The lowest BCUT2D eigenvalue weighted by Gasteiger charge is -2.26. The molecule has 0 aromatic carbocycles. The minimum Gasteiger partial charge on any atom is -0.465 e. The van der Waals surface area contributed by atoms with Gasteiger partial charge in [0.1, 0.15) is 19.0 Å². The van der Waals surface area contributed by atoms with Crippen LogP contribution < -0.4 is 4.90 Å². The summed E-state index contributed by atoms with van der Waals surface area (Å²) in [4.78, 5) is 32.4. The van der Waals surface area contributed by atoms with Crippen LogP contribution in [-0.4, -0.2) is 88.9 Å². The van der Waals surface area contributed by atoms with Crippen LogP contribution in [0.15, 0.2) is 24.5 Å². The maximum absolute atomic E-state index is 12.8. The Hall–Kier alpha value is -3.22. The van der Waals surface area contributed by atoms with Gasteiger partial charge in [0.05, 0.1) is 18.0 Å². The summed E-state index contributed by atoms with van der Waals surface area (Å²) in [6.45, 7) is 10.9. The Morgan fingerprint density at radius 2 is 2.03 bits per heavy atom. The number of carbonyl (C=O) groups excluding carboxylic acids is 1. The molecule has 1 N–H and O–H groups in total. The molecule has 12 heteroatoms. The third-order valence-electron chi connectivity index (χ3n) is 8.24. The summed E-state index contributed by atoms with van der Waals surface area (Å²) in [6, 6.07) is 5.23. The molecule has 208 valence electrons. The smallest absolute Gasteiger partial charge is 0.407 e. The number of ether oxygens (including phenoxy) is 2. The number of amides is 2. The first-order valence-electron chi connectivity index (χ1n) is 13.6. The molecule has 0 radical (unpaired) electrons. The van der Waals surface area contributed by atoms with Crippen molar-refractivity contribution < 1.29 is 24.2 Å². The van der Waals surface area contributed by atoms with E-state index in [1.807, 2.05) is 21.6 Å². The van der Waals surface area contributed by atoms with E-state index in [1.54, 1.807) is 4.90 Å². The molecule has 0 bridgehead atoms. The zero-order valence-electron chi connectivity index (χ0n) is 22.9. The fourth-order valence-electron chi connectivity index (χ4n) is 5.97. The van der Waals surface area contributed by atoms with Gasteiger partial charge in [-0.05, 0) is 31.0 Å². The van der Waals surface area contributed by atoms with Gasteiger partial charge in [-0.2, -0.15) is 5.10 Å². The van der Waals surface area contributed by atoms with E-state index in [9.17, 15) is 14.7 Å². The summed E-state index contributed by atoms with van der Waals surface area (Å²) < 4.78 is 15.4. The summed E-state index contributed by atoms with van der Waals surface area (Å²) >= 11 is 0. The molecule has 6 rings (SSSR count). The molecule has 2 saturated heterocycles. The molecular weight excluding hydrogens is 516 g/mol. The average Bonchev–Trinajstić information content (AvgIpc) is 3.66. The standard InChI is InChI=1S/C27H36N6O5Si/c1-39(2,3)11-10-38-18-31-15-22(32-8-9-37-16-24(32)34)20-12-19(14-28-25(20)31)21-13-23-27(5-7-33(23)29-21)4-6-30(17-27)26(35)36/h12-15H,4-11,16-18H2,1-3H3,(H,35,36). The lowest BCUT2D eigenvalue weighted by Crippen LogP contribution is -2.41. The minimum absolute atomic E-state index is 0.0652. The van der Waals surface area contributed by atoms with Crippen molar-refractivity contribution in [1.82, 2.24) is 24.2 Å². The molecule has 2 fully saturated rings. The van der Waals surface area contributed by atoms with E-state index in [1.165, 1.54) is 4.90 Å². The number of rotatable bonds is 7. The molecule has 3 aromatic heterocycles. The number of aryl methyl sites for hydroxylation is 1. The van der Waals surface area contributed by atoms with Crippen molar-refractivity contribution in [2.75, 3.05) is 44.4 Å². The van der Waals surface area contributed by atoms with Crippen molar-refractivity contribution in [3.63, 3.8) is 0 Å². The number of carboxylic acid groups (broad SMARTS) is 1. The molecule has 39 heavy (non-hydrogen) atoms. The first-order valence-corrected chi connectivity index (χ1v) is 17.4. The minimum atomic E-state index is -1.20. The number of aromatic nitrogens is 4. The van der Waals surface area contributed by atoms with Crippen molar-refractivity contribution in [1.29, 1.82) is 0 Å². The largest absolute Gasteiger partial charge is 0.465 e. The Bertz CT molecular complexity index is 1430. The van der Waals surface area contributed by atoms with Crippen LogP contribution in [0, 0.1) is 0 Å². The second kappa shape index (κ2) is 9.75. The van der Waals surface area contributed by atoms with Crippen LogP contribution in [0.1, 0.15) is 18.5 Å². The number of carbonyl (C=O) groups is 2. The molecule has 0 saturated carbocycles. The number of hydrogen-bond acceptors (Lipinski definition) is 6. The zero-order chi connectivity index (χ0) is 27.4. The van der Waals surface area contributed by atoms with Crippen LogP contribution in [-0.2, 0) is 33.0 Å². The predicted molar refractivity (Wildman–Crippen MR) is 149 cm³/mol. The SMILES string of the molecule is C[Si](C)(C)CCOCn1cc(N2CCOCC2=O)c2cc(-c3cc4n(n3)CCC43CCN(C(=O)O)C3)cnc21. The van der Waals surface area contributed by atoms with Crippen molar-refractivity contribution in [2.24, 2.45) is 0 Å². The normalized spacial score (nSPS) is 21.5. The van der Waals surface area contributed by atoms with Crippen LogP contribution in [0.2, 0.25) is 25.7 Å². The van der Waals surface area contributed by atoms with Gasteiger partial charge in [-0.3, -0.25) is 9.48 Å². The Labute approximate surface area is 228 Å². The van der Waals surface area contributed by atoms with Gasteiger partial charge in [0.15, 0.2) is 0 Å². The van der Waals surface area contributed by atoms with Gasteiger partial charge in [-0.1, -0.05) is 19.6 Å². The van der Waals surface area contributed by atoms with Gasteiger partial charge in [0, 0.05) is 75.3 Å². The Balaban J connectivity index is 1.33. The Kier molecular flexibility index (Phi) is 6.51. The lowest BCUT2D eigenvalue weighted by molar-refractivity contribution is -0.125. The Morgan fingerprint density at radius 3 is 2.77 bits per heavy atom. The van der Waals surface area contributed by atoms with Crippen LogP contribution in [0.25, 0.3) is 22.3 Å². The molecule has 3 aliphatic heterocycles. The molecule has 11 nitrogen and oxygen atoms in total. The summed E-state index contributed by atoms with van der Waals surface area (Å²) in [5.74, 6) is -0.0718.